The molecule has 0 radical (unpaired) electrons. The minimum absolute atomic E-state index is 0.279. The Hall–Kier alpha value is -1.57. The van der Waals surface area contributed by atoms with E-state index >= 15 is 0 Å². The summed E-state index contributed by atoms with van der Waals surface area (Å²) in [6, 6.07) is 8.18. The van der Waals surface area contributed by atoms with E-state index < -0.39 is 0 Å². The molecule has 0 atom stereocenters. The fraction of sp³-hybridized carbons (Fsp3) is 0.438. The second kappa shape index (κ2) is 8.51. The second-order valence-electron chi connectivity index (χ2n) is 4.45. The van der Waals surface area contributed by atoms with Gasteiger partial charge in [0.15, 0.2) is 0 Å². The van der Waals surface area contributed by atoms with Gasteiger partial charge in [0.05, 0.1) is 7.11 Å². The molecule has 0 amide bonds. The average molecular weight is 246 g/mol. The molecule has 1 aromatic carbocycles. The molecule has 98 valence electrons. The van der Waals surface area contributed by atoms with Crippen molar-refractivity contribution in [3.63, 3.8) is 0 Å². The number of hydrogen-bond donors (Lipinski definition) is 0. The third-order valence-electron chi connectivity index (χ3n) is 2.83. The highest BCUT2D eigenvalue weighted by atomic mass is 16.5. The lowest BCUT2D eigenvalue weighted by atomic mass is 10.1. The normalized spacial score (nSPS) is 10.8. The molecule has 0 saturated carbocycles. The first-order chi connectivity index (χ1) is 8.72. The van der Waals surface area contributed by atoms with Gasteiger partial charge in [0.2, 0.25) is 0 Å². The number of rotatable bonds is 8. The maximum absolute atomic E-state index is 10.7. The summed E-state index contributed by atoms with van der Waals surface area (Å²) in [5.41, 5.74) is 1.32. The number of carbonyl (C=O) groups is 1. The fourth-order valence-corrected chi connectivity index (χ4v) is 1.75. The fourth-order valence-electron chi connectivity index (χ4n) is 1.75. The number of aryl methyl sites for hydroxylation is 1. The Morgan fingerprint density at radius 2 is 1.83 bits per heavy atom. The number of unbranched alkanes of at least 4 members (excludes halogenated alkanes) is 1. The van der Waals surface area contributed by atoms with Crippen molar-refractivity contribution in [2.24, 2.45) is 0 Å². The molecule has 0 aromatic heterocycles. The second-order valence-corrected chi connectivity index (χ2v) is 4.45. The molecule has 0 bridgehead atoms. The standard InChI is InChI=1S/C16H22O2/c1-14(17)8-6-4-3-5-7-9-15-10-12-16(18-2)13-11-15/h3,5,10-13H,4,6-9H2,1-2H3. The number of Topliss-reactive ketones (excluding diaryl/α,β-unsaturated/α-hetero) is 1. The minimum Gasteiger partial charge on any atom is -0.497 e. The molecule has 0 aliphatic heterocycles. The topological polar surface area (TPSA) is 26.3 Å². The molecule has 18 heavy (non-hydrogen) atoms. The zero-order valence-corrected chi connectivity index (χ0v) is 11.3. The number of methoxy groups -OCH3 is 1. The van der Waals surface area contributed by atoms with Crippen molar-refractivity contribution in [3.8, 4) is 5.75 Å². The SMILES string of the molecule is COc1ccc(CCC=CCCCC(C)=O)cc1. The van der Waals surface area contributed by atoms with Crippen LogP contribution < -0.4 is 4.74 Å². The zero-order chi connectivity index (χ0) is 13.2. The predicted molar refractivity (Wildman–Crippen MR) is 75.0 cm³/mol. The Morgan fingerprint density at radius 3 is 2.44 bits per heavy atom. The van der Waals surface area contributed by atoms with Gasteiger partial charge < -0.3 is 9.53 Å². The van der Waals surface area contributed by atoms with Crippen molar-refractivity contribution in [2.45, 2.75) is 39.0 Å². The van der Waals surface area contributed by atoms with Crippen LogP contribution in [0.3, 0.4) is 0 Å². The molecule has 0 fully saturated rings. The van der Waals surface area contributed by atoms with Crippen molar-refractivity contribution in [2.75, 3.05) is 7.11 Å². The first kappa shape index (κ1) is 14.5. The van der Waals surface area contributed by atoms with Crippen molar-refractivity contribution in [1.82, 2.24) is 0 Å². The van der Waals surface area contributed by atoms with Crippen LogP contribution in [0.15, 0.2) is 36.4 Å². The number of ketones is 1. The van der Waals surface area contributed by atoms with E-state index in [4.69, 9.17) is 4.74 Å². The van der Waals surface area contributed by atoms with E-state index in [2.05, 4.69) is 24.3 Å². The van der Waals surface area contributed by atoms with Gasteiger partial charge in [-0.15, -0.1) is 0 Å². The highest BCUT2D eigenvalue weighted by Crippen LogP contribution is 2.12. The number of benzene rings is 1. The summed E-state index contributed by atoms with van der Waals surface area (Å²) >= 11 is 0. The molecule has 1 aromatic rings. The summed E-state index contributed by atoms with van der Waals surface area (Å²) in [6.45, 7) is 1.65. The van der Waals surface area contributed by atoms with Crippen molar-refractivity contribution in [3.05, 3.63) is 42.0 Å². The van der Waals surface area contributed by atoms with Crippen molar-refractivity contribution >= 4 is 5.78 Å². The van der Waals surface area contributed by atoms with Crippen molar-refractivity contribution in [1.29, 1.82) is 0 Å². The number of carbonyl (C=O) groups excluding carboxylic acids is 1. The van der Waals surface area contributed by atoms with Crippen LogP contribution >= 0.6 is 0 Å². The molecule has 0 unspecified atom stereocenters. The number of ether oxygens (including phenoxy) is 1. The van der Waals surface area contributed by atoms with Crippen LogP contribution in [0.2, 0.25) is 0 Å². The van der Waals surface area contributed by atoms with Crippen LogP contribution in [0.1, 0.15) is 38.2 Å². The summed E-state index contributed by atoms with van der Waals surface area (Å²) in [7, 11) is 1.68. The van der Waals surface area contributed by atoms with Gasteiger partial charge in [0.25, 0.3) is 0 Å². The lowest BCUT2D eigenvalue weighted by molar-refractivity contribution is -0.117. The Kier molecular flexibility index (Phi) is 6.85. The van der Waals surface area contributed by atoms with E-state index in [0.29, 0.717) is 6.42 Å². The highest BCUT2D eigenvalue weighted by molar-refractivity contribution is 5.75. The van der Waals surface area contributed by atoms with Gasteiger partial charge in [-0.1, -0.05) is 24.3 Å². The van der Waals surface area contributed by atoms with E-state index in [1.807, 2.05) is 12.1 Å². The van der Waals surface area contributed by atoms with Crippen LogP contribution in [0.5, 0.6) is 5.75 Å². The van der Waals surface area contributed by atoms with Crippen LogP contribution in [-0.2, 0) is 11.2 Å². The maximum atomic E-state index is 10.7. The summed E-state index contributed by atoms with van der Waals surface area (Å²) in [5, 5.41) is 0. The molecule has 2 nitrogen and oxygen atoms in total. The molecule has 0 aliphatic rings. The lowest BCUT2D eigenvalue weighted by Gasteiger charge is -2.01. The monoisotopic (exact) mass is 246 g/mol. The Labute approximate surface area is 110 Å². The van der Waals surface area contributed by atoms with E-state index in [1.165, 1.54) is 5.56 Å². The van der Waals surface area contributed by atoms with Gasteiger partial charge in [-0.2, -0.15) is 0 Å². The molecular formula is C16H22O2. The van der Waals surface area contributed by atoms with Crippen LogP contribution in [0.25, 0.3) is 0 Å². The molecule has 0 spiro atoms. The predicted octanol–water partition coefficient (Wildman–Crippen LogP) is 3.94. The zero-order valence-electron chi connectivity index (χ0n) is 11.3. The molecule has 0 N–H and O–H groups in total. The first-order valence-electron chi connectivity index (χ1n) is 6.49. The molecular weight excluding hydrogens is 224 g/mol. The van der Waals surface area contributed by atoms with Gasteiger partial charge in [0.1, 0.15) is 11.5 Å². The summed E-state index contributed by atoms with van der Waals surface area (Å²) < 4.78 is 5.12. The first-order valence-corrected chi connectivity index (χ1v) is 6.49. The summed E-state index contributed by atoms with van der Waals surface area (Å²) in [5.74, 6) is 1.18. The van der Waals surface area contributed by atoms with Gasteiger partial charge >= 0.3 is 0 Å². The van der Waals surface area contributed by atoms with Crippen LogP contribution in [-0.4, -0.2) is 12.9 Å². The summed E-state index contributed by atoms with van der Waals surface area (Å²) in [4.78, 5) is 10.7. The Morgan fingerprint density at radius 1 is 1.17 bits per heavy atom. The van der Waals surface area contributed by atoms with E-state index in [0.717, 1.165) is 31.4 Å². The van der Waals surface area contributed by atoms with Gasteiger partial charge in [0, 0.05) is 6.42 Å². The van der Waals surface area contributed by atoms with Crippen LogP contribution in [0.4, 0.5) is 0 Å². The molecule has 0 aliphatic carbocycles. The van der Waals surface area contributed by atoms with E-state index in [1.54, 1.807) is 14.0 Å². The highest BCUT2D eigenvalue weighted by Gasteiger charge is 1.93. The maximum Gasteiger partial charge on any atom is 0.129 e. The van der Waals surface area contributed by atoms with Gasteiger partial charge in [-0.05, 0) is 50.3 Å². The van der Waals surface area contributed by atoms with E-state index in [9.17, 15) is 4.79 Å². The number of allylic oxidation sites excluding steroid dienone is 2. The average Bonchev–Trinajstić information content (AvgIpc) is 2.38. The number of hydrogen-bond acceptors (Lipinski definition) is 2. The largest absolute Gasteiger partial charge is 0.497 e. The molecule has 0 heterocycles. The third-order valence-corrected chi connectivity index (χ3v) is 2.83. The van der Waals surface area contributed by atoms with E-state index in [-0.39, 0.29) is 5.78 Å². The Bertz CT molecular complexity index is 377. The van der Waals surface area contributed by atoms with Gasteiger partial charge in [-0.25, -0.2) is 0 Å². The Balaban J connectivity index is 2.16. The lowest BCUT2D eigenvalue weighted by Crippen LogP contribution is -1.88. The smallest absolute Gasteiger partial charge is 0.129 e. The van der Waals surface area contributed by atoms with Gasteiger partial charge in [-0.3, -0.25) is 0 Å². The molecule has 0 saturated heterocycles. The summed E-state index contributed by atoms with van der Waals surface area (Å²) in [6.07, 6.45) is 9.13. The van der Waals surface area contributed by atoms with Crippen molar-refractivity contribution < 1.29 is 9.53 Å². The third kappa shape index (κ3) is 6.24. The quantitative estimate of drug-likeness (QED) is 0.513. The molecule has 1 rings (SSSR count). The minimum atomic E-state index is 0.279. The molecule has 2 heteroatoms. The van der Waals surface area contributed by atoms with Crippen LogP contribution in [0, 0.1) is 0 Å².